The van der Waals surface area contributed by atoms with Crippen molar-refractivity contribution in [1.82, 2.24) is 5.32 Å². The number of benzene rings is 1. The molecule has 0 aromatic heterocycles. The van der Waals surface area contributed by atoms with Gasteiger partial charge in [-0.25, -0.2) is 0 Å². The highest BCUT2D eigenvalue weighted by Gasteiger charge is 2.07. The van der Waals surface area contributed by atoms with E-state index in [0.717, 1.165) is 12.3 Å². The van der Waals surface area contributed by atoms with E-state index in [1.165, 1.54) is 5.56 Å². The predicted octanol–water partition coefficient (Wildman–Crippen LogP) is 0.957. The maximum absolute atomic E-state index is 5.69. The maximum atomic E-state index is 5.69. The Morgan fingerprint density at radius 1 is 1.36 bits per heavy atom. The molecule has 0 fully saturated rings. The second-order valence-electron chi connectivity index (χ2n) is 3.26. The first-order chi connectivity index (χ1) is 6.81. The normalized spacial score (nSPS) is 12.5. The van der Waals surface area contributed by atoms with E-state index in [-0.39, 0.29) is 0 Å². The molecule has 3 heteroatoms. The molecule has 0 saturated carbocycles. The van der Waals surface area contributed by atoms with Gasteiger partial charge in [0, 0.05) is 19.0 Å². The van der Waals surface area contributed by atoms with E-state index in [4.69, 9.17) is 10.5 Å². The summed E-state index contributed by atoms with van der Waals surface area (Å²) in [7, 11) is 3.61. The van der Waals surface area contributed by atoms with Gasteiger partial charge < -0.3 is 15.8 Å². The molecule has 1 aromatic rings. The topological polar surface area (TPSA) is 47.3 Å². The van der Waals surface area contributed by atoms with Gasteiger partial charge in [-0.3, -0.25) is 0 Å². The average molecular weight is 194 g/mol. The Kier molecular flexibility index (Phi) is 4.43. The molecule has 1 aromatic carbocycles. The van der Waals surface area contributed by atoms with Crippen LogP contribution in [0, 0.1) is 0 Å². The quantitative estimate of drug-likeness (QED) is 0.734. The third-order valence-corrected chi connectivity index (χ3v) is 2.32. The van der Waals surface area contributed by atoms with Gasteiger partial charge >= 0.3 is 0 Å². The summed E-state index contributed by atoms with van der Waals surface area (Å²) in [6.45, 7) is 1.57. The third kappa shape index (κ3) is 2.72. The first-order valence-corrected chi connectivity index (χ1v) is 4.80. The molecular formula is C11H18N2O. The predicted molar refractivity (Wildman–Crippen MR) is 58.7 cm³/mol. The third-order valence-electron chi connectivity index (χ3n) is 2.32. The van der Waals surface area contributed by atoms with Crippen LogP contribution in [0.1, 0.15) is 11.5 Å². The van der Waals surface area contributed by atoms with Crippen LogP contribution in [0.2, 0.25) is 0 Å². The van der Waals surface area contributed by atoms with Crippen LogP contribution >= 0.6 is 0 Å². The van der Waals surface area contributed by atoms with Crippen molar-refractivity contribution < 1.29 is 4.74 Å². The summed E-state index contributed by atoms with van der Waals surface area (Å²) in [6.07, 6.45) is 0. The minimum absolute atomic E-state index is 0.380. The van der Waals surface area contributed by atoms with Crippen LogP contribution in [0.5, 0.6) is 5.75 Å². The lowest BCUT2D eigenvalue weighted by atomic mass is 9.99. The summed E-state index contributed by atoms with van der Waals surface area (Å²) < 4.78 is 5.10. The summed E-state index contributed by atoms with van der Waals surface area (Å²) in [5.41, 5.74) is 6.94. The SMILES string of the molecule is CNCC(CN)c1ccc(OC)cc1. The zero-order valence-corrected chi connectivity index (χ0v) is 8.79. The van der Waals surface area contributed by atoms with Gasteiger partial charge in [0.15, 0.2) is 0 Å². The van der Waals surface area contributed by atoms with E-state index in [2.05, 4.69) is 17.4 Å². The summed E-state index contributed by atoms with van der Waals surface area (Å²) in [4.78, 5) is 0. The van der Waals surface area contributed by atoms with E-state index in [9.17, 15) is 0 Å². The van der Waals surface area contributed by atoms with Gasteiger partial charge in [-0.1, -0.05) is 12.1 Å². The van der Waals surface area contributed by atoms with Crippen molar-refractivity contribution in [3.05, 3.63) is 29.8 Å². The molecule has 3 N–H and O–H groups in total. The lowest BCUT2D eigenvalue weighted by molar-refractivity contribution is 0.414. The van der Waals surface area contributed by atoms with E-state index in [1.807, 2.05) is 19.2 Å². The smallest absolute Gasteiger partial charge is 0.118 e. The summed E-state index contributed by atoms with van der Waals surface area (Å²) in [5, 5.41) is 3.13. The van der Waals surface area contributed by atoms with E-state index >= 15 is 0 Å². The Morgan fingerprint density at radius 2 is 2.00 bits per heavy atom. The molecule has 0 aliphatic carbocycles. The number of hydrogen-bond donors (Lipinski definition) is 2. The number of ether oxygens (including phenoxy) is 1. The molecule has 0 spiro atoms. The highest BCUT2D eigenvalue weighted by atomic mass is 16.5. The van der Waals surface area contributed by atoms with Crippen molar-refractivity contribution in [1.29, 1.82) is 0 Å². The van der Waals surface area contributed by atoms with Gasteiger partial charge in [0.05, 0.1) is 7.11 Å². The standard InChI is InChI=1S/C11H18N2O/c1-13-8-10(7-12)9-3-5-11(14-2)6-4-9/h3-6,10,13H,7-8,12H2,1-2H3. The van der Waals surface area contributed by atoms with Crippen LogP contribution in [0.4, 0.5) is 0 Å². The second-order valence-corrected chi connectivity index (χ2v) is 3.26. The first kappa shape index (κ1) is 11.0. The van der Waals surface area contributed by atoms with Crippen LogP contribution < -0.4 is 15.8 Å². The summed E-state index contributed by atoms with van der Waals surface area (Å²) in [6, 6.07) is 8.06. The number of hydrogen-bond acceptors (Lipinski definition) is 3. The fraction of sp³-hybridized carbons (Fsp3) is 0.455. The van der Waals surface area contributed by atoms with Crippen molar-refractivity contribution in [2.24, 2.45) is 5.73 Å². The van der Waals surface area contributed by atoms with Gasteiger partial charge in [0.1, 0.15) is 5.75 Å². The molecule has 0 bridgehead atoms. The Labute approximate surface area is 85.3 Å². The van der Waals surface area contributed by atoms with Crippen LogP contribution in [-0.4, -0.2) is 27.2 Å². The second kappa shape index (κ2) is 5.62. The molecule has 1 atom stereocenters. The van der Waals surface area contributed by atoms with Crippen LogP contribution in [0.3, 0.4) is 0 Å². The van der Waals surface area contributed by atoms with Gasteiger partial charge in [-0.2, -0.15) is 0 Å². The summed E-state index contributed by atoms with van der Waals surface area (Å²) >= 11 is 0. The van der Waals surface area contributed by atoms with Crippen LogP contribution in [0.15, 0.2) is 24.3 Å². The number of methoxy groups -OCH3 is 1. The zero-order chi connectivity index (χ0) is 10.4. The first-order valence-electron chi connectivity index (χ1n) is 4.80. The fourth-order valence-electron chi connectivity index (χ4n) is 1.46. The Hall–Kier alpha value is -1.06. The Balaban J connectivity index is 2.73. The lowest BCUT2D eigenvalue weighted by Gasteiger charge is -2.14. The van der Waals surface area contributed by atoms with Gasteiger partial charge in [-0.05, 0) is 24.7 Å². The van der Waals surface area contributed by atoms with Crippen molar-refractivity contribution in [2.75, 3.05) is 27.2 Å². The van der Waals surface area contributed by atoms with Crippen LogP contribution in [-0.2, 0) is 0 Å². The van der Waals surface area contributed by atoms with E-state index in [0.29, 0.717) is 12.5 Å². The summed E-state index contributed by atoms with van der Waals surface area (Å²) in [5.74, 6) is 1.26. The molecule has 14 heavy (non-hydrogen) atoms. The van der Waals surface area contributed by atoms with E-state index in [1.54, 1.807) is 7.11 Å². The fourth-order valence-corrected chi connectivity index (χ4v) is 1.46. The Morgan fingerprint density at radius 3 is 2.43 bits per heavy atom. The van der Waals surface area contributed by atoms with Crippen molar-refractivity contribution in [2.45, 2.75) is 5.92 Å². The largest absolute Gasteiger partial charge is 0.497 e. The molecule has 0 aliphatic heterocycles. The number of likely N-dealkylation sites (N-methyl/N-ethyl adjacent to an activating group) is 1. The molecule has 1 rings (SSSR count). The van der Waals surface area contributed by atoms with Crippen molar-refractivity contribution >= 4 is 0 Å². The molecule has 1 unspecified atom stereocenters. The molecule has 0 saturated heterocycles. The Bertz CT molecular complexity index is 258. The van der Waals surface area contributed by atoms with Crippen LogP contribution in [0.25, 0.3) is 0 Å². The van der Waals surface area contributed by atoms with Crippen molar-refractivity contribution in [3.8, 4) is 5.75 Å². The molecule has 78 valence electrons. The minimum Gasteiger partial charge on any atom is -0.497 e. The highest BCUT2D eigenvalue weighted by molar-refractivity contribution is 5.29. The van der Waals surface area contributed by atoms with Gasteiger partial charge in [0.25, 0.3) is 0 Å². The van der Waals surface area contributed by atoms with Crippen molar-refractivity contribution in [3.63, 3.8) is 0 Å². The molecule has 0 radical (unpaired) electrons. The monoisotopic (exact) mass is 194 g/mol. The molecule has 3 nitrogen and oxygen atoms in total. The number of nitrogens with one attached hydrogen (secondary N) is 1. The molecule has 0 heterocycles. The lowest BCUT2D eigenvalue weighted by Crippen LogP contribution is -2.23. The number of nitrogens with two attached hydrogens (primary N) is 1. The minimum atomic E-state index is 0.380. The number of rotatable bonds is 5. The molecule has 0 amide bonds. The zero-order valence-electron chi connectivity index (χ0n) is 8.79. The van der Waals surface area contributed by atoms with E-state index < -0.39 is 0 Å². The molecule has 0 aliphatic rings. The highest BCUT2D eigenvalue weighted by Crippen LogP contribution is 2.17. The molecular weight excluding hydrogens is 176 g/mol. The average Bonchev–Trinajstić information content (AvgIpc) is 2.26. The maximum Gasteiger partial charge on any atom is 0.118 e. The van der Waals surface area contributed by atoms with Gasteiger partial charge in [0.2, 0.25) is 0 Å². The van der Waals surface area contributed by atoms with Gasteiger partial charge in [-0.15, -0.1) is 0 Å².